The third kappa shape index (κ3) is 9.32. The zero-order valence-electron chi connectivity index (χ0n) is 19.6. The molecule has 0 saturated heterocycles. The first-order valence-corrected chi connectivity index (χ1v) is 11.6. The second-order valence-electron chi connectivity index (χ2n) is 9.23. The Kier molecular flexibility index (Phi) is 11.0. The van der Waals surface area contributed by atoms with Gasteiger partial charge in [-0.15, -0.1) is 0 Å². The molecule has 2 aromatic carbocycles. The standard InChI is InChI=1S/C27H42NO2/c1-24(2)14-8-5-13-19-27(25-15-9-6-10-16-25)28(3,4)20-21-29-22-23-30-26-17-11-7-12-18-26/h6-7,9-12,15-18,24,27H,5,8,13-14,19-23H2,1-4H3/q+1. The van der Waals surface area contributed by atoms with Crippen molar-refractivity contribution >= 4 is 0 Å². The lowest BCUT2D eigenvalue weighted by Crippen LogP contribution is -2.45. The van der Waals surface area contributed by atoms with Gasteiger partial charge in [0.25, 0.3) is 0 Å². The molecule has 0 spiro atoms. The highest BCUT2D eigenvalue weighted by Gasteiger charge is 2.29. The third-order valence-electron chi connectivity index (χ3n) is 5.84. The molecule has 2 aromatic rings. The van der Waals surface area contributed by atoms with Crippen LogP contribution in [0.25, 0.3) is 0 Å². The van der Waals surface area contributed by atoms with E-state index in [0.717, 1.165) is 29.3 Å². The van der Waals surface area contributed by atoms with Gasteiger partial charge in [-0.3, -0.25) is 0 Å². The van der Waals surface area contributed by atoms with Crippen LogP contribution < -0.4 is 4.74 Å². The maximum Gasteiger partial charge on any atom is 0.119 e. The molecule has 3 heteroatoms. The van der Waals surface area contributed by atoms with E-state index in [9.17, 15) is 0 Å². The van der Waals surface area contributed by atoms with Gasteiger partial charge in [-0.25, -0.2) is 0 Å². The maximum absolute atomic E-state index is 5.91. The van der Waals surface area contributed by atoms with Crippen molar-refractivity contribution in [2.75, 3.05) is 40.5 Å². The minimum Gasteiger partial charge on any atom is -0.491 e. The summed E-state index contributed by atoms with van der Waals surface area (Å²) in [6.07, 6.45) is 6.53. The zero-order valence-corrected chi connectivity index (χ0v) is 19.6. The van der Waals surface area contributed by atoms with Crippen molar-refractivity contribution in [1.82, 2.24) is 0 Å². The topological polar surface area (TPSA) is 18.5 Å². The fourth-order valence-electron chi connectivity index (χ4n) is 3.95. The average molecular weight is 413 g/mol. The summed E-state index contributed by atoms with van der Waals surface area (Å²) in [5, 5.41) is 0. The Morgan fingerprint density at radius 2 is 1.37 bits per heavy atom. The van der Waals surface area contributed by atoms with E-state index in [-0.39, 0.29) is 0 Å². The summed E-state index contributed by atoms with van der Waals surface area (Å²) in [5.74, 6) is 1.71. The van der Waals surface area contributed by atoms with E-state index in [2.05, 4.69) is 58.3 Å². The molecular formula is C27H42NO2+. The summed E-state index contributed by atoms with van der Waals surface area (Å²) in [6.45, 7) is 7.60. The van der Waals surface area contributed by atoms with Gasteiger partial charge in [0.05, 0.1) is 27.3 Å². The molecule has 0 radical (unpaired) electrons. The van der Waals surface area contributed by atoms with Gasteiger partial charge in [0.1, 0.15) is 24.9 Å². The molecule has 0 aliphatic rings. The molecule has 0 aliphatic carbocycles. The van der Waals surface area contributed by atoms with Gasteiger partial charge in [-0.05, 0) is 24.5 Å². The summed E-state index contributed by atoms with van der Waals surface area (Å²) in [6, 6.07) is 21.4. The number of benzene rings is 2. The number of rotatable bonds is 15. The first kappa shape index (κ1) is 24.4. The van der Waals surface area contributed by atoms with Gasteiger partial charge in [0, 0.05) is 12.0 Å². The summed E-state index contributed by atoms with van der Waals surface area (Å²) in [7, 11) is 4.69. The Hall–Kier alpha value is -1.84. The smallest absolute Gasteiger partial charge is 0.119 e. The number of hydrogen-bond acceptors (Lipinski definition) is 2. The average Bonchev–Trinajstić information content (AvgIpc) is 2.74. The molecular weight excluding hydrogens is 370 g/mol. The molecule has 166 valence electrons. The highest BCUT2D eigenvalue weighted by molar-refractivity contribution is 5.20. The van der Waals surface area contributed by atoms with Gasteiger partial charge in [0.2, 0.25) is 0 Å². The van der Waals surface area contributed by atoms with Crippen molar-refractivity contribution in [3.63, 3.8) is 0 Å². The number of hydrogen-bond donors (Lipinski definition) is 0. The fraction of sp³-hybridized carbons (Fsp3) is 0.556. The van der Waals surface area contributed by atoms with Gasteiger partial charge in [-0.2, -0.15) is 0 Å². The monoisotopic (exact) mass is 412 g/mol. The Balaban J connectivity index is 1.78. The molecule has 0 saturated carbocycles. The Labute approximate surface area is 184 Å². The predicted molar refractivity (Wildman–Crippen MR) is 127 cm³/mol. The summed E-state index contributed by atoms with van der Waals surface area (Å²) >= 11 is 0. The first-order chi connectivity index (χ1) is 14.5. The van der Waals surface area contributed by atoms with Crippen LogP contribution in [0.1, 0.15) is 57.6 Å². The highest BCUT2D eigenvalue weighted by Crippen LogP contribution is 2.30. The number of unbranched alkanes of at least 4 members (excludes halogenated alkanes) is 2. The van der Waals surface area contributed by atoms with Crippen molar-refractivity contribution in [3.8, 4) is 5.75 Å². The predicted octanol–water partition coefficient (Wildman–Crippen LogP) is 6.51. The molecule has 2 rings (SSSR count). The largest absolute Gasteiger partial charge is 0.491 e. The van der Waals surface area contributed by atoms with Crippen LogP contribution in [0.5, 0.6) is 5.75 Å². The van der Waals surface area contributed by atoms with Crippen LogP contribution in [0.2, 0.25) is 0 Å². The summed E-state index contributed by atoms with van der Waals surface area (Å²) in [5.41, 5.74) is 1.44. The molecule has 0 fully saturated rings. The third-order valence-corrected chi connectivity index (χ3v) is 5.84. The van der Waals surface area contributed by atoms with E-state index in [4.69, 9.17) is 9.47 Å². The van der Waals surface area contributed by atoms with Crippen molar-refractivity contribution in [2.45, 2.75) is 52.0 Å². The van der Waals surface area contributed by atoms with E-state index >= 15 is 0 Å². The normalized spacial score (nSPS) is 12.8. The molecule has 1 unspecified atom stereocenters. The van der Waals surface area contributed by atoms with Crippen LogP contribution >= 0.6 is 0 Å². The quantitative estimate of drug-likeness (QED) is 0.245. The van der Waals surface area contributed by atoms with Crippen LogP contribution in [0.4, 0.5) is 0 Å². The summed E-state index contributed by atoms with van der Waals surface area (Å²) in [4.78, 5) is 0. The fourth-order valence-corrected chi connectivity index (χ4v) is 3.95. The number of likely N-dealkylation sites (N-methyl/N-ethyl adjacent to an activating group) is 1. The van der Waals surface area contributed by atoms with Crippen LogP contribution in [-0.4, -0.2) is 44.9 Å². The lowest BCUT2D eigenvalue weighted by Gasteiger charge is -2.38. The van der Waals surface area contributed by atoms with E-state index in [0.29, 0.717) is 19.3 Å². The molecule has 0 aliphatic heterocycles. The number of quaternary nitrogens is 1. The highest BCUT2D eigenvalue weighted by atomic mass is 16.5. The molecule has 0 N–H and O–H groups in total. The summed E-state index contributed by atoms with van der Waals surface area (Å²) < 4.78 is 12.6. The molecule has 0 bridgehead atoms. The van der Waals surface area contributed by atoms with Gasteiger partial charge < -0.3 is 14.0 Å². The maximum atomic E-state index is 5.91. The minimum absolute atomic E-state index is 0.509. The second kappa shape index (κ2) is 13.5. The van der Waals surface area contributed by atoms with Gasteiger partial charge in [0.15, 0.2) is 0 Å². The van der Waals surface area contributed by atoms with Crippen LogP contribution in [0.3, 0.4) is 0 Å². The minimum atomic E-state index is 0.509. The number of nitrogens with zero attached hydrogens (tertiary/aromatic N) is 1. The van der Waals surface area contributed by atoms with Crippen LogP contribution in [-0.2, 0) is 4.74 Å². The van der Waals surface area contributed by atoms with Crippen molar-refractivity contribution < 1.29 is 14.0 Å². The van der Waals surface area contributed by atoms with Crippen molar-refractivity contribution in [3.05, 3.63) is 66.2 Å². The molecule has 0 amide bonds. The van der Waals surface area contributed by atoms with Crippen molar-refractivity contribution in [2.24, 2.45) is 5.92 Å². The molecule has 0 heterocycles. The number of ether oxygens (including phenoxy) is 2. The van der Waals surface area contributed by atoms with E-state index in [1.165, 1.54) is 37.7 Å². The van der Waals surface area contributed by atoms with Crippen LogP contribution in [0, 0.1) is 5.92 Å². The van der Waals surface area contributed by atoms with Gasteiger partial charge in [-0.1, -0.05) is 81.6 Å². The van der Waals surface area contributed by atoms with E-state index in [1.807, 2.05) is 30.3 Å². The van der Waals surface area contributed by atoms with Gasteiger partial charge >= 0.3 is 0 Å². The van der Waals surface area contributed by atoms with Crippen LogP contribution in [0.15, 0.2) is 60.7 Å². The second-order valence-corrected chi connectivity index (χ2v) is 9.23. The molecule has 30 heavy (non-hydrogen) atoms. The number of para-hydroxylation sites is 1. The zero-order chi connectivity index (χ0) is 21.7. The van der Waals surface area contributed by atoms with E-state index in [1.54, 1.807) is 0 Å². The SMILES string of the molecule is CC(C)CCCCCC(c1ccccc1)[N+](C)(C)CCOCCOc1ccccc1. The molecule has 0 aromatic heterocycles. The van der Waals surface area contributed by atoms with Crippen molar-refractivity contribution in [1.29, 1.82) is 0 Å². The molecule has 3 nitrogen and oxygen atoms in total. The van der Waals surface area contributed by atoms with E-state index < -0.39 is 0 Å². The lowest BCUT2D eigenvalue weighted by molar-refractivity contribution is -0.922. The lowest BCUT2D eigenvalue weighted by atomic mass is 9.96. The first-order valence-electron chi connectivity index (χ1n) is 11.6. The molecule has 1 atom stereocenters. The Morgan fingerprint density at radius 1 is 0.733 bits per heavy atom. The Morgan fingerprint density at radius 3 is 2.03 bits per heavy atom. The Bertz CT molecular complexity index is 670.